The molecular weight excluding hydrogens is 220 g/mol. The van der Waals surface area contributed by atoms with Crippen molar-refractivity contribution in [3.8, 4) is 0 Å². The van der Waals surface area contributed by atoms with Gasteiger partial charge in [0.05, 0.1) is 13.2 Å². The summed E-state index contributed by atoms with van der Waals surface area (Å²) in [5.41, 5.74) is 6.03. The fourth-order valence-corrected chi connectivity index (χ4v) is 2.77. The van der Waals surface area contributed by atoms with Crippen molar-refractivity contribution in [2.24, 2.45) is 11.1 Å². The van der Waals surface area contributed by atoms with E-state index in [1.54, 1.807) is 0 Å². The van der Waals surface area contributed by atoms with Gasteiger partial charge in [-0.25, -0.2) is 0 Å². The maximum absolute atomic E-state index is 5.80. The third-order valence-corrected chi connectivity index (χ3v) is 4.11. The third kappa shape index (κ3) is 2.83. The summed E-state index contributed by atoms with van der Waals surface area (Å²) in [7, 11) is 2.17. The lowest BCUT2D eigenvalue weighted by Gasteiger charge is -2.43. The predicted molar refractivity (Wildman–Crippen MR) is 67.8 cm³/mol. The van der Waals surface area contributed by atoms with Gasteiger partial charge in [0.25, 0.3) is 0 Å². The van der Waals surface area contributed by atoms with Gasteiger partial charge in [0.2, 0.25) is 0 Å². The fourth-order valence-electron chi connectivity index (χ4n) is 2.07. The van der Waals surface area contributed by atoms with Gasteiger partial charge in [-0.1, -0.05) is 6.07 Å². The molecule has 2 heterocycles. The zero-order valence-electron chi connectivity index (χ0n) is 9.82. The largest absolute Gasteiger partial charge is 0.380 e. The molecule has 1 saturated heterocycles. The maximum atomic E-state index is 5.80. The highest BCUT2D eigenvalue weighted by Gasteiger charge is 2.37. The van der Waals surface area contributed by atoms with Gasteiger partial charge in [-0.15, -0.1) is 11.3 Å². The molecule has 1 fully saturated rings. The first-order valence-electron chi connectivity index (χ1n) is 5.73. The van der Waals surface area contributed by atoms with Crippen LogP contribution in [-0.2, 0) is 11.2 Å². The molecule has 0 atom stereocenters. The summed E-state index contributed by atoms with van der Waals surface area (Å²) in [6.45, 7) is 4.53. The Hall–Kier alpha value is -0.420. The molecule has 2 rings (SSSR count). The van der Waals surface area contributed by atoms with E-state index in [2.05, 4.69) is 29.5 Å². The SMILES string of the molecule is CN(CCc1cccs1)CC1(CN)COC1. The molecule has 0 radical (unpaired) electrons. The Morgan fingerprint density at radius 1 is 1.56 bits per heavy atom. The van der Waals surface area contributed by atoms with Gasteiger partial charge in [-0.05, 0) is 24.9 Å². The first kappa shape index (κ1) is 12.0. The van der Waals surface area contributed by atoms with Crippen LogP contribution in [0.1, 0.15) is 4.88 Å². The lowest BCUT2D eigenvalue weighted by atomic mass is 9.85. The summed E-state index contributed by atoms with van der Waals surface area (Å²) in [6.07, 6.45) is 1.13. The van der Waals surface area contributed by atoms with Crippen molar-refractivity contribution in [1.82, 2.24) is 4.90 Å². The van der Waals surface area contributed by atoms with E-state index >= 15 is 0 Å². The second-order valence-corrected chi connectivity index (χ2v) is 5.80. The number of hydrogen-bond acceptors (Lipinski definition) is 4. The zero-order chi connectivity index (χ0) is 11.4. The van der Waals surface area contributed by atoms with Crippen LogP contribution in [0.15, 0.2) is 17.5 Å². The van der Waals surface area contributed by atoms with Crippen molar-refractivity contribution in [1.29, 1.82) is 0 Å². The molecule has 1 aromatic heterocycles. The lowest BCUT2D eigenvalue weighted by Crippen LogP contribution is -2.54. The van der Waals surface area contributed by atoms with Crippen molar-refractivity contribution in [3.05, 3.63) is 22.4 Å². The van der Waals surface area contributed by atoms with Crippen LogP contribution < -0.4 is 5.73 Å². The molecule has 1 aromatic rings. The monoisotopic (exact) mass is 240 g/mol. The van der Waals surface area contributed by atoms with Gasteiger partial charge < -0.3 is 15.4 Å². The van der Waals surface area contributed by atoms with Crippen LogP contribution in [0.3, 0.4) is 0 Å². The van der Waals surface area contributed by atoms with Gasteiger partial charge in [0.15, 0.2) is 0 Å². The number of hydrogen-bond donors (Lipinski definition) is 1. The molecule has 0 spiro atoms. The van der Waals surface area contributed by atoms with Crippen molar-refractivity contribution in [2.45, 2.75) is 6.42 Å². The van der Waals surface area contributed by atoms with E-state index in [9.17, 15) is 0 Å². The number of rotatable bonds is 6. The number of nitrogens with two attached hydrogens (primary N) is 1. The number of nitrogens with zero attached hydrogens (tertiary/aromatic N) is 1. The van der Waals surface area contributed by atoms with Crippen LogP contribution in [0.4, 0.5) is 0 Å². The molecule has 90 valence electrons. The zero-order valence-corrected chi connectivity index (χ0v) is 10.6. The third-order valence-electron chi connectivity index (χ3n) is 3.17. The second-order valence-electron chi connectivity index (χ2n) is 4.76. The highest BCUT2D eigenvalue weighted by Crippen LogP contribution is 2.26. The highest BCUT2D eigenvalue weighted by molar-refractivity contribution is 7.09. The first-order chi connectivity index (χ1) is 7.74. The summed E-state index contributed by atoms with van der Waals surface area (Å²) in [5.74, 6) is 0. The number of likely N-dealkylation sites (N-methyl/N-ethyl adjacent to an activating group) is 1. The van der Waals surface area contributed by atoms with Gasteiger partial charge in [0.1, 0.15) is 0 Å². The molecule has 4 heteroatoms. The lowest BCUT2D eigenvalue weighted by molar-refractivity contribution is -0.117. The summed E-state index contributed by atoms with van der Waals surface area (Å²) in [5, 5.41) is 2.14. The summed E-state index contributed by atoms with van der Waals surface area (Å²) in [6, 6.07) is 4.31. The molecule has 2 N–H and O–H groups in total. The summed E-state index contributed by atoms with van der Waals surface area (Å²) >= 11 is 1.83. The second kappa shape index (κ2) is 5.27. The number of thiophene rings is 1. The van der Waals surface area contributed by atoms with E-state index in [0.717, 1.165) is 39.3 Å². The van der Waals surface area contributed by atoms with E-state index in [0.29, 0.717) is 0 Å². The van der Waals surface area contributed by atoms with Gasteiger partial charge in [-0.2, -0.15) is 0 Å². The van der Waals surface area contributed by atoms with Gasteiger partial charge >= 0.3 is 0 Å². The minimum Gasteiger partial charge on any atom is -0.380 e. The number of ether oxygens (including phenoxy) is 1. The Balaban J connectivity index is 1.73. The minimum atomic E-state index is 0.226. The molecule has 0 aromatic carbocycles. The van der Waals surface area contributed by atoms with Crippen molar-refractivity contribution in [3.63, 3.8) is 0 Å². The summed E-state index contributed by atoms with van der Waals surface area (Å²) < 4.78 is 5.28. The molecule has 16 heavy (non-hydrogen) atoms. The average molecular weight is 240 g/mol. The van der Waals surface area contributed by atoms with Crippen LogP contribution in [0.2, 0.25) is 0 Å². The van der Waals surface area contributed by atoms with Crippen LogP contribution >= 0.6 is 11.3 Å². The van der Waals surface area contributed by atoms with Crippen molar-refractivity contribution >= 4 is 11.3 Å². The Bertz CT molecular complexity index is 303. The minimum absolute atomic E-state index is 0.226. The van der Waals surface area contributed by atoms with E-state index < -0.39 is 0 Å². The molecular formula is C12H20N2OS. The topological polar surface area (TPSA) is 38.5 Å². The average Bonchev–Trinajstić information content (AvgIpc) is 2.73. The quantitative estimate of drug-likeness (QED) is 0.812. The molecule has 0 amide bonds. The maximum Gasteiger partial charge on any atom is 0.0569 e. The Morgan fingerprint density at radius 3 is 2.88 bits per heavy atom. The normalized spacial score (nSPS) is 18.7. The Labute approximate surface area is 101 Å². The van der Waals surface area contributed by atoms with Crippen LogP contribution in [0.25, 0.3) is 0 Å². The van der Waals surface area contributed by atoms with Gasteiger partial charge in [0, 0.05) is 29.9 Å². The molecule has 1 aliphatic heterocycles. The van der Waals surface area contributed by atoms with E-state index in [1.807, 2.05) is 11.3 Å². The Kier molecular flexibility index (Phi) is 3.97. The van der Waals surface area contributed by atoms with Crippen molar-refractivity contribution in [2.75, 3.05) is 39.9 Å². The first-order valence-corrected chi connectivity index (χ1v) is 6.61. The molecule has 3 nitrogen and oxygen atoms in total. The van der Waals surface area contributed by atoms with Crippen molar-refractivity contribution < 1.29 is 4.74 Å². The fraction of sp³-hybridized carbons (Fsp3) is 0.667. The molecule has 0 saturated carbocycles. The van der Waals surface area contributed by atoms with E-state index in [1.165, 1.54) is 4.88 Å². The van der Waals surface area contributed by atoms with Crippen LogP contribution in [0, 0.1) is 5.41 Å². The van der Waals surface area contributed by atoms with E-state index in [4.69, 9.17) is 10.5 Å². The Morgan fingerprint density at radius 2 is 2.38 bits per heavy atom. The molecule has 0 unspecified atom stereocenters. The standard InChI is InChI=1S/C12H20N2OS/c1-14(5-4-11-3-2-6-16-11)8-12(7-13)9-15-10-12/h2-3,6H,4-5,7-10,13H2,1H3. The summed E-state index contributed by atoms with van der Waals surface area (Å²) in [4.78, 5) is 3.83. The van der Waals surface area contributed by atoms with E-state index in [-0.39, 0.29) is 5.41 Å². The molecule has 1 aliphatic rings. The smallest absolute Gasteiger partial charge is 0.0569 e. The highest BCUT2D eigenvalue weighted by atomic mass is 32.1. The van der Waals surface area contributed by atoms with Gasteiger partial charge in [-0.3, -0.25) is 0 Å². The molecule has 0 bridgehead atoms. The van der Waals surface area contributed by atoms with Crippen LogP contribution in [0.5, 0.6) is 0 Å². The molecule has 0 aliphatic carbocycles. The van der Waals surface area contributed by atoms with Crippen LogP contribution in [-0.4, -0.2) is 44.8 Å². The predicted octanol–water partition coefficient (Wildman–Crippen LogP) is 1.20.